The van der Waals surface area contributed by atoms with E-state index in [2.05, 4.69) is 43.6 Å². The van der Waals surface area contributed by atoms with Crippen molar-refractivity contribution in [1.29, 1.82) is 0 Å². The lowest BCUT2D eigenvalue weighted by atomic mass is 9.63. The van der Waals surface area contributed by atoms with Gasteiger partial charge >= 0.3 is 5.97 Å². The van der Waals surface area contributed by atoms with Gasteiger partial charge in [-0.2, -0.15) is 0 Å². The Bertz CT molecular complexity index is 1090. The Balaban J connectivity index is 2.03. The number of allylic oxidation sites excluding steroid dienone is 4. The number of carbonyl (C=O) groups excluding carboxylic acids is 2. The Morgan fingerprint density at radius 3 is 2.03 bits per heavy atom. The molecule has 0 radical (unpaired) electrons. The van der Waals surface area contributed by atoms with Gasteiger partial charge in [-0.3, -0.25) is 14.4 Å². The van der Waals surface area contributed by atoms with Gasteiger partial charge in [-0.1, -0.05) is 43.6 Å². The molecule has 3 aliphatic rings. The van der Waals surface area contributed by atoms with E-state index in [-0.39, 0.29) is 35.4 Å². The largest absolute Gasteiger partial charge is 0.496 e. The molecular formula is C27H32BrNO5. The van der Waals surface area contributed by atoms with Crippen LogP contribution in [-0.2, 0) is 14.4 Å². The Morgan fingerprint density at radius 1 is 1.03 bits per heavy atom. The lowest BCUT2D eigenvalue weighted by Gasteiger charge is -2.49. The number of ketones is 2. The van der Waals surface area contributed by atoms with Gasteiger partial charge in [0, 0.05) is 57.9 Å². The van der Waals surface area contributed by atoms with Crippen LogP contribution < -0.4 is 4.74 Å². The first-order valence-electron chi connectivity index (χ1n) is 11.7. The molecule has 0 unspecified atom stereocenters. The van der Waals surface area contributed by atoms with Crippen molar-refractivity contribution in [3.63, 3.8) is 0 Å². The van der Waals surface area contributed by atoms with Crippen molar-refractivity contribution in [1.82, 2.24) is 4.90 Å². The van der Waals surface area contributed by atoms with E-state index in [1.165, 1.54) is 0 Å². The van der Waals surface area contributed by atoms with Gasteiger partial charge in [0.2, 0.25) is 0 Å². The molecule has 1 heterocycles. The predicted molar refractivity (Wildman–Crippen MR) is 132 cm³/mol. The minimum absolute atomic E-state index is 0.0165. The molecule has 0 atom stereocenters. The summed E-state index contributed by atoms with van der Waals surface area (Å²) >= 11 is 3.55. The van der Waals surface area contributed by atoms with E-state index in [4.69, 9.17) is 4.74 Å². The molecule has 1 aromatic carbocycles. The van der Waals surface area contributed by atoms with Crippen LogP contribution in [0.1, 0.15) is 71.3 Å². The highest BCUT2D eigenvalue weighted by molar-refractivity contribution is 9.10. The van der Waals surface area contributed by atoms with E-state index < -0.39 is 11.9 Å². The highest BCUT2D eigenvalue weighted by atomic mass is 79.9. The van der Waals surface area contributed by atoms with Crippen LogP contribution in [0.25, 0.3) is 0 Å². The maximum Gasteiger partial charge on any atom is 0.305 e. The smallest absolute Gasteiger partial charge is 0.305 e. The van der Waals surface area contributed by atoms with Gasteiger partial charge in [-0.15, -0.1) is 0 Å². The molecular weight excluding hydrogens is 498 g/mol. The molecule has 4 rings (SSSR count). The lowest BCUT2D eigenvalue weighted by Crippen LogP contribution is -2.45. The Hall–Kier alpha value is -2.41. The molecule has 1 N–H and O–H groups in total. The average Bonchev–Trinajstić information content (AvgIpc) is 2.69. The van der Waals surface area contributed by atoms with Crippen molar-refractivity contribution in [2.24, 2.45) is 10.8 Å². The number of ether oxygens (including phenoxy) is 1. The van der Waals surface area contributed by atoms with Gasteiger partial charge < -0.3 is 14.7 Å². The first-order valence-corrected chi connectivity index (χ1v) is 12.5. The summed E-state index contributed by atoms with van der Waals surface area (Å²) < 4.78 is 6.53. The number of methoxy groups -OCH3 is 1. The van der Waals surface area contributed by atoms with Crippen molar-refractivity contribution in [2.75, 3.05) is 13.7 Å². The molecule has 2 aliphatic carbocycles. The summed E-state index contributed by atoms with van der Waals surface area (Å²) in [6, 6.07) is 5.67. The maximum absolute atomic E-state index is 13.7. The van der Waals surface area contributed by atoms with Gasteiger partial charge in [0.05, 0.1) is 13.5 Å². The third kappa shape index (κ3) is 4.47. The van der Waals surface area contributed by atoms with Crippen molar-refractivity contribution in [2.45, 2.75) is 65.7 Å². The quantitative estimate of drug-likeness (QED) is 0.532. The fraction of sp³-hybridized carbons (Fsp3) is 0.519. The molecule has 0 amide bonds. The maximum atomic E-state index is 13.7. The molecule has 0 saturated heterocycles. The zero-order valence-electron chi connectivity index (χ0n) is 20.5. The molecule has 1 aliphatic heterocycles. The molecule has 1 aromatic rings. The van der Waals surface area contributed by atoms with Crippen molar-refractivity contribution >= 4 is 33.5 Å². The molecule has 34 heavy (non-hydrogen) atoms. The normalized spacial score (nSPS) is 22.0. The van der Waals surface area contributed by atoms with Crippen LogP contribution in [0.15, 0.2) is 45.2 Å². The summed E-state index contributed by atoms with van der Waals surface area (Å²) in [6.45, 7) is 8.51. The molecule has 182 valence electrons. The number of carboxylic acid groups (broad SMARTS) is 1. The zero-order valence-corrected chi connectivity index (χ0v) is 22.0. The fourth-order valence-electron chi connectivity index (χ4n) is 5.77. The first-order chi connectivity index (χ1) is 15.8. The number of hydrogen-bond acceptors (Lipinski definition) is 5. The second-order valence-corrected chi connectivity index (χ2v) is 12.1. The summed E-state index contributed by atoms with van der Waals surface area (Å²) in [6.07, 6.45) is 1.99. The highest BCUT2D eigenvalue weighted by Gasteiger charge is 2.49. The number of hydrogen-bond donors (Lipinski definition) is 1. The second-order valence-electron chi connectivity index (χ2n) is 11.2. The summed E-state index contributed by atoms with van der Waals surface area (Å²) in [4.78, 5) is 41.0. The van der Waals surface area contributed by atoms with E-state index in [1.807, 2.05) is 23.1 Å². The summed E-state index contributed by atoms with van der Waals surface area (Å²) in [5.74, 6) is -0.764. The third-order valence-electron chi connectivity index (χ3n) is 7.07. The minimum atomic E-state index is -0.900. The van der Waals surface area contributed by atoms with Crippen LogP contribution >= 0.6 is 15.9 Å². The highest BCUT2D eigenvalue weighted by Crippen LogP contribution is 2.55. The van der Waals surface area contributed by atoms with Gasteiger partial charge in [0.15, 0.2) is 11.6 Å². The topological polar surface area (TPSA) is 83.9 Å². The fourth-order valence-corrected chi connectivity index (χ4v) is 6.15. The van der Waals surface area contributed by atoms with Crippen LogP contribution in [0, 0.1) is 10.8 Å². The van der Waals surface area contributed by atoms with E-state index in [9.17, 15) is 19.5 Å². The van der Waals surface area contributed by atoms with Crippen LogP contribution in [0.2, 0.25) is 0 Å². The Kier molecular flexibility index (Phi) is 6.30. The Labute approximate surface area is 209 Å². The molecule has 0 aromatic heterocycles. The average molecular weight is 530 g/mol. The van der Waals surface area contributed by atoms with Gasteiger partial charge in [-0.25, -0.2) is 0 Å². The van der Waals surface area contributed by atoms with E-state index in [0.717, 1.165) is 21.4 Å². The number of halogens is 1. The van der Waals surface area contributed by atoms with Gasteiger partial charge in [0.1, 0.15) is 5.75 Å². The molecule has 0 fully saturated rings. The number of Topliss-reactive ketones (excluding diaryl/α,β-unsaturated/α-hetero) is 2. The van der Waals surface area contributed by atoms with Gasteiger partial charge in [0.25, 0.3) is 0 Å². The number of rotatable bonds is 5. The molecule has 0 saturated carbocycles. The van der Waals surface area contributed by atoms with Crippen molar-refractivity contribution in [3.05, 3.63) is 50.8 Å². The number of benzene rings is 1. The second kappa shape index (κ2) is 8.67. The summed E-state index contributed by atoms with van der Waals surface area (Å²) in [5, 5.41) is 9.46. The molecule has 0 spiro atoms. The SMILES string of the molecule is COc1ccc(Br)cc1C1C2=C(CC(C)(C)CC2=O)N(CCC(=O)O)C2=C1C(=O)CC(C)(C)C2. The van der Waals surface area contributed by atoms with E-state index >= 15 is 0 Å². The number of nitrogens with zero attached hydrogens (tertiary/aromatic N) is 1. The van der Waals surface area contributed by atoms with Crippen molar-refractivity contribution < 1.29 is 24.2 Å². The monoisotopic (exact) mass is 529 g/mol. The third-order valence-corrected chi connectivity index (χ3v) is 7.57. The van der Waals surface area contributed by atoms with Crippen LogP contribution in [0.5, 0.6) is 5.75 Å². The van der Waals surface area contributed by atoms with Crippen LogP contribution in [-0.4, -0.2) is 41.2 Å². The summed E-state index contributed by atoms with van der Waals surface area (Å²) in [7, 11) is 1.59. The van der Waals surface area contributed by atoms with Gasteiger partial charge in [-0.05, 0) is 41.9 Å². The van der Waals surface area contributed by atoms with E-state index in [1.54, 1.807) is 7.11 Å². The van der Waals surface area contributed by atoms with Crippen LogP contribution in [0.3, 0.4) is 0 Å². The molecule has 7 heteroatoms. The first kappa shape index (κ1) is 24.7. The zero-order chi connectivity index (χ0) is 25.0. The number of aliphatic carboxylic acids is 1. The van der Waals surface area contributed by atoms with E-state index in [0.29, 0.717) is 42.6 Å². The minimum Gasteiger partial charge on any atom is -0.496 e. The Morgan fingerprint density at radius 2 is 1.56 bits per heavy atom. The number of carboxylic acids is 1. The molecule has 6 nitrogen and oxygen atoms in total. The standard InChI is InChI=1S/C27H32BrNO5/c1-26(2)11-17-24(19(30)13-26)23(16-10-15(28)6-7-21(16)34-5)25-18(29(17)9-8-22(32)33)12-27(3,4)14-20(25)31/h6-7,10,23H,8-9,11-14H2,1-5H3,(H,32,33). The van der Waals surface area contributed by atoms with Crippen molar-refractivity contribution in [3.8, 4) is 5.75 Å². The molecule has 0 bridgehead atoms. The van der Waals surface area contributed by atoms with Crippen LogP contribution in [0.4, 0.5) is 0 Å². The lowest BCUT2D eigenvalue weighted by molar-refractivity contribution is -0.137. The number of carbonyl (C=O) groups is 3. The predicted octanol–water partition coefficient (Wildman–Crippen LogP) is 5.62. The summed E-state index contributed by atoms with van der Waals surface area (Å²) in [5.41, 5.74) is 3.24.